The Hall–Kier alpha value is -3.17. The second-order valence-electron chi connectivity index (χ2n) is 5.64. The summed E-state index contributed by atoms with van der Waals surface area (Å²) < 4.78 is 14.7. The zero-order valence-corrected chi connectivity index (χ0v) is 15.4. The third-order valence-corrected chi connectivity index (χ3v) is 5.06. The van der Waals surface area contributed by atoms with Crippen LogP contribution in [0.3, 0.4) is 0 Å². The predicted molar refractivity (Wildman–Crippen MR) is 113 cm³/mol. The van der Waals surface area contributed by atoms with Crippen LogP contribution in [-0.4, -0.2) is 22.8 Å². The molecule has 27 heavy (non-hydrogen) atoms. The van der Waals surface area contributed by atoms with E-state index < -0.39 is 6.67 Å². The van der Waals surface area contributed by atoms with Crippen molar-refractivity contribution in [1.29, 1.82) is 0 Å². The molecule has 1 N–H and O–H groups in total. The number of pyridine rings is 2. The van der Waals surface area contributed by atoms with E-state index in [1.54, 1.807) is 24.5 Å². The molecule has 0 aliphatic carbocycles. The Morgan fingerprint density at radius 2 is 2.33 bits per heavy atom. The number of fused-ring (bicyclic) bond motifs is 3. The predicted octanol–water partition coefficient (Wildman–Crippen LogP) is 4.60. The number of terminal acetylenes is 1. The van der Waals surface area contributed by atoms with E-state index in [4.69, 9.17) is 6.42 Å². The summed E-state index contributed by atoms with van der Waals surface area (Å²) in [6.45, 7) is 3.47. The van der Waals surface area contributed by atoms with Gasteiger partial charge in [-0.25, -0.2) is 9.37 Å². The van der Waals surface area contributed by atoms with Crippen molar-refractivity contribution < 1.29 is 4.39 Å². The number of hydrogen-bond acceptors (Lipinski definition) is 4. The van der Waals surface area contributed by atoms with Gasteiger partial charge in [0, 0.05) is 34.6 Å². The molecule has 0 unspecified atom stereocenters. The number of nitrogens with zero attached hydrogens (tertiary/aromatic N) is 2. The van der Waals surface area contributed by atoms with Crippen LogP contribution in [0, 0.1) is 12.3 Å². The van der Waals surface area contributed by atoms with E-state index in [9.17, 15) is 9.18 Å². The standard InChI is InChI=1S/C21H18FN3OS/c1-3-5-7-15(8-6-11-22)25-14-10-16-18-17(23-12-4-2)9-13-24-20(18)27-19(16)21(25)26/h2-3,6-10,13-14H,1,5,11-12H2,(H,23,24)/b8-6-,15-7+. The summed E-state index contributed by atoms with van der Waals surface area (Å²) in [6, 6.07) is 3.72. The number of hydrogen-bond donors (Lipinski definition) is 1. The molecule has 3 heterocycles. The van der Waals surface area contributed by atoms with Crippen molar-refractivity contribution in [3.8, 4) is 12.3 Å². The lowest BCUT2D eigenvalue weighted by Crippen LogP contribution is -2.17. The molecule has 0 saturated carbocycles. The number of alkyl halides is 1. The Bertz CT molecular complexity index is 1150. The van der Waals surface area contributed by atoms with Crippen LogP contribution < -0.4 is 10.9 Å². The topological polar surface area (TPSA) is 46.9 Å². The molecule has 6 heteroatoms. The molecule has 0 aliphatic heterocycles. The first kappa shape index (κ1) is 18.6. The van der Waals surface area contributed by atoms with Crippen LogP contribution in [0.1, 0.15) is 6.42 Å². The summed E-state index contributed by atoms with van der Waals surface area (Å²) in [6.07, 6.45) is 15.8. The van der Waals surface area contributed by atoms with E-state index in [2.05, 4.69) is 22.8 Å². The number of nitrogens with one attached hydrogen (secondary N) is 1. The Labute approximate surface area is 160 Å². The van der Waals surface area contributed by atoms with Crippen molar-refractivity contribution in [2.24, 2.45) is 0 Å². The van der Waals surface area contributed by atoms with Gasteiger partial charge >= 0.3 is 0 Å². The van der Waals surface area contributed by atoms with Crippen LogP contribution in [0.5, 0.6) is 0 Å². The minimum absolute atomic E-state index is 0.169. The molecule has 3 aromatic heterocycles. The van der Waals surface area contributed by atoms with Crippen molar-refractivity contribution >= 4 is 43.0 Å². The molecule has 0 saturated heterocycles. The quantitative estimate of drug-likeness (QED) is 0.371. The molecule has 0 atom stereocenters. The van der Waals surface area contributed by atoms with Gasteiger partial charge in [-0.05, 0) is 24.6 Å². The summed E-state index contributed by atoms with van der Waals surface area (Å²) in [4.78, 5) is 18.2. The molecule has 0 aliphatic rings. The number of aromatic nitrogens is 2. The summed E-state index contributed by atoms with van der Waals surface area (Å²) in [5.74, 6) is 2.55. The molecular weight excluding hydrogens is 361 g/mol. The Balaban J connectivity index is 2.22. The van der Waals surface area contributed by atoms with Gasteiger partial charge in [0.1, 0.15) is 16.2 Å². The number of allylic oxidation sites excluding steroid dienone is 5. The maximum absolute atomic E-state index is 13.1. The summed E-state index contributed by atoms with van der Waals surface area (Å²) in [5.41, 5.74) is 1.29. The fourth-order valence-corrected chi connectivity index (χ4v) is 3.90. The minimum atomic E-state index is -0.598. The van der Waals surface area contributed by atoms with Gasteiger partial charge in [0.25, 0.3) is 5.56 Å². The number of rotatable bonds is 7. The third-order valence-electron chi connectivity index (χ3n) is 3.96. The third kappa shape index (κ3) is 3.69. The lowest BCUT2D eigenvalue weighted by atomic mass is 10.2. The first-order valence-corrected chi connectivity index (χ1v) is 9.17. The number of halogens is 1. The average molecular weight is 379 g/mol. The highest BCUT2D eigenvalue weighted by molar-refractivity contribution is 7.25. The van der Waals surface area contributed by atoms with E-state index in [-0.39, 0.29) is 5.56 Å². The van der Waals surface area contributed by atoms with Crippen LogP contribution in [0.2, 0.25) is 0 Å². The Morgan fingerprint density at radius 1 is 1.48 bits per heavy atom. The van der Waals surface area contributed by atoms with Gasteiger partial charge in [-0.1, -0.05) is 24.1 Å². The second kappa shape index (κ2) is 8.47. The maximum atomic E-state index is 13.1. The molecule has 3 aromatic rings. The largest absolute Gasteiger partial charge is 0.374 e. The fraction of sp³-hybridized carbons (Fsp3) is 0.143. The van der Waals surface area contributed by atoms with Gasteiger partial charge < -0.3 is 5.32 Å². The average Bonchev–Trinajstić information content (AvgIpc) is 3.07. The molecule has 4 nitrogen and oxygen atoms in total. The molecular formula is C21H18FN3OS. The molecule has 0 amide bonds. The Kier molecular flexibility index (Phi) is 5.84. The van der Waals surface area contributed by atoms with Gasteiger partial charge in [-0.3, -0.25) is 9.36 Å². The lowest BCUT2D eigenvalue weighted by molar-refractivity contribution is 0.562. The zero-order chi connectivity index (χ0) is 19.2. The number of anilines is 1. The Morgan fingerprint density at radius 3 is 3.07 bits per heavy atom. The van der Waals surface area contributed by atoms with Gasteiger partial charge in [-0.15, -0.1) is 24.3 Å². The number of thiophene rings is 1. The van der Waals surface area contributed by atoms with Crippen molar-refractivity contribution in [3.05, 3.63) is 65.8 Å². The SMILES string of the molecule is C#CCNc1ccnc2sc3c(=O)n(C(/C=C\CF)=C/CC=C)ccc3c12. The van der Waals surface area contributed by atoms with Crippen LogP contribution in [0.15, 0.2) is 60.2 Å². The molecule has 136 valence electrons. The molecule has 0 bridgehead atoms. The molecule has 0 aromatic carbocycles. The second-order valence-corrected chi connectivity index (χ2v) is 6.64. The van der Waals surface area contributed by atoms with E-state index in [1.165, 1.54) is 22.0 Å². The fourth-order valence-electron chi connectivity index (χ4n) is 2.80. The highest BCUT2D eigenvalue weighted by Crippen LogP contribution is 2.35. The molecule has 0 fully saturated rings. The molecule has 0 radical (unpaired) electrons. The van der Waals surface area contributed by atoms with Gasteiger partial charge in [0.15, 0.2) is 0 Å². The van der Waals surface area contributed by atoms with E-state index in [0.29, 0.717) is 23.4 Å². The smallest absolute Gasteiger partial charge is 0.273 e. The normalized spacial score (nSPS) is 11.9. The zero-order valence-electron chi connectivity index (χ0n) is 14.6. The highest BCUT2D eigenvalue weighted by atomic mass is 32.1. The van der Waals surface area contributed by atoms with Gasteiger partial charge in [0.05, 0.1) is 6.54 Å². The van der Waals surface area contributed by atoms with E-state index >= 15 is 0 Å². The highest BCUT2D eigenvalue weighted by Gasteiger charge is 2.14. The van der Waals surface area contributed by atoms with Crippen molar-refractivity contribution in [1.82, 2.24) is 9.55 Å². The first-order chi connectivity index (χ1) is 13.2. The van der Waals surface area contributed by atoms with Crippen molar-refractivity contribution in [2.75, 3.05) is 18.5 Å². The van der Waals surface area contributed by atoms with Crippen molar-refractivity contribution in [2.45, 2.75) is 6.42 Å². The van der Waals surface area contributed by atoms with E-state index in [1.807, 2.05) is 18.2 Å². The monoisotopic (exact) mass is 379 g/mol. The van der Waals surface area contributed by atoms with Gasteiger partial charge in [-0.2, -0.15) is 0 Å². The molecule has 3 rings (SSSR count). The summed E-state index contributed by atoms with van der Waals surface area (Å²) in [5, 5.41) is 4.88. The molecule has 0 spiro atoms. The van der Waals surface area contributed by atoms with E-state index in [0.717, 1.165) is 21.3 Å². The lowest BCUT2D eigenvalue weighted by Gasteiger charge is -2.08. The van der Waals surface area contributed by atoms with Crippen LogP contribution >= 0.6 is 11.3 Å². The summed E-state index contributed by atoms with van der Waals surface area (Å²) >= 11 is 1.33. The maximum Gasteiger partial charge on any atom is 0.273 e. The van der Waals surface area contributed by atoms with Gasteiger partial charge in [0.2, 0.25) is 0 Å². The van der Waals surface area contributed by atoms with Crippen molar-refractivity contribution in [3.63, 3.8) is 0 Å². The summed E-state index contributed by atoms with van der Waals surface area (Å²) in [7, 11) is 0. The van der Waals surface area contributed by atoms with Crippen LogP contribution in [0.4, 0.5) is 10.1 Å². The van der Waals surface area contributed by atoms with Crippen LogP contribution in [0.25, 0.3) is 26.0 Å². The first-order valence-electron chi connectivity index (χ1n) is 8.35. The minimum Gasteiger partial charge on any atom is -0.374 e. The van der Waals surface area contributed by atoms with Crippen LogP contribution in [-0.2, 0) is 0 Å².